The number of anilines is 1. The van der Waals surface area contributed by atoms with Gasteiger partial charge in [-0.3, -0.25) is 4.79 Å². The van der Waals surface area contributed by atoms with Gasteiger partial charge in [-0.1, -0.05) is 17.3 Å². The van der Waals surface area contributed by atoms with Gasteiger partial charge in [0.25, 0.3) is 5.91 Å². The number of aromatic nitrogens is 5. The molecule has 4 rings (SSSR count). The molecule has 0 atom stereocenters. The topological polar surface area (TPSA) is 89.7 Å². The lowest BCUT2D eigenvalue weighted by atomic mass is 10.1. The van der Waals surface area contributed by atoms with Gasteiger partial charge in [0.15, 0.2) is 5.69 Å². The van der Waals surface area contributed by atoms with Crippen molar-refractivity contribution in [2.45, 2.75) is 25.8 Å². The normalized spacial score (nSPS) is 15.1. The minimum atomic E-state index is -0.262. The van der Waals surface area contributed by atoms with Gasteiger partial charge < -0.3 is 10.6 Å². The first-order chi connectivity index (χ1) is 12.7. The highest BCUT2D eigenvalue weighted by Crippen LogP contribution is 2.22. The average molecular weight is 351 g/mol. The van der Waals surface area contributed by atoms with Crippen LogP contribution in [0.3, 0.4) is 0 Å². The highest BCUT2D eigenvalue weighted by atomic mass is 16.2. The van der Waals surface area contributed by atoms with Gasteiger partial charge in [0.2, 0.25) is 0 Å². The fourth-order valence-electron chi connectivity index (χ4n) is 3.32. The van der Waals surface area contributed by atoms with E-state index in [1.54, 1.807) is 10.9 Å². The zero-order chi connectivity index (χ0) is 17.9. The summed E-state index contributed by atoms with van der Waals surface area (Å²) >= 11 is 0. The molecule has 2 aromatic heterocycles. The maximum Gasteiger partial charge on any atom is 0.278 e. The minimum Gasteiger partial charge on any atom is -0.319 e. The van der Waals surface area contributed by atoms with Crippen LogP contribution in [0.5, 0.6) is 0 Å². The number of carbonyl (C=O) groups excluding carboxylic acids is 1. The Bertz CT molecular complexity index is 894. The van der Waals surface area contributed by atoms with Gasteiger partial charge in [0.05, 0.1) is 23.1 Å². The van der Waals surface area contributed by atoms with E-state index in [2.05, 4.69) is 26.0 Å². The van der Waals surface area contributed by atoms with Gasteiger partial charge in [0.1, 0.15) is 0 Å². The number of nitrogens with zero attached hydrogens (tertiary/aromatic N) is 5. The maximum absolute atomic E-state index is 12.8. The average Bonchev–Trinajstić information content (AvgIpc) is 3.33. The van der Waals surface area contributed by atoms with Crippen LogP contribution in [-0.4, -0.2) is 43.8 Å². The van der Waals surface area contributed by atoms with Crippen LogP contribution in [0.2, 0.25) is 0 Å². The van der Waals surface area contributed by atoms with Gasteiger partial charge >= 0.3 is 0 Å². The third kappa shape index (κ3) is 3.11. The van der Waals surface area contributed by atoms with Crippen molar-refractivity contribution in [1.82, 2.24) is 30.1 Å². The first kappa shape index (κ1) is 16.5. The third-order valence-corrected chi connectivity index (χ3v) is 4.70. The molecule has 26 heavy (non-hydrogen) atoms. The van der Waals surface area contributed by atoms with Crippen LogP contribution < -0.4 is 10.6 Å². The van der Waals surface area contributed by atoms with Crippen LogP contribution in [0.4, 0.5) is 5.69 Å². The highest BCUT2D eigenvalue weighted by molar-refractivity contribution is 6.04. The Morgan fingerprint density at radius 1 is 1.23 bits per heavy atom. The van der Waals surface area contributed by atoms with Crippen molar-refractivity contribution in [3.05, 3.63) is 54.1 Å². The molecule has 2 N–H and O–H groups in total. The Hall–Kier alpha value is -3.00. The summed E-state index contributed by atoms with van der Waals surface area (Å²) in [5.41, 5.74) is 2.64. The Kier molecular flexibility index (Phi) is 4.49. The molecule has 1 fully saturated rings. The molecular weight excluding hydrogens is 330 g/mol. The van der Waals surface area contributed by atoms with E-state index in [1.807, 2.05) is 48.1 Å². The van der Waals surface area contributed by atoms with Crippen LogP contribution in [0, 0.1) is 6.92 Å². The summed E-state index contributed by atoms with van der Waals surface area (Å²) in [6, 6.07) is 9.67. The summed E-state index contributed by atoms with van der Waals surface area (Å²) in [6.07, 6.45) is 5.53. The predicted molar refractivity (Wildman–Crippen MR) is 97.4 cm³/mol. The molecule has 1 amide bonds. The molecule has 1 saturated heterocycles. The number of piperidine rings is 1. The fraction of sp³-hybridized carbons (Fsp3) is 0.333. The van der Waals surface area contributed by atoms with E-state index in [-0.39, 0.29) is 5.91 Å². The highest BCUT2D eigenvalue weighted by Gasteiger charge is 2.23. The van der Waals surface area contributed by atoms with Gasteiger partial charge in [-0.25, -0.2) is 9.36 Å². The summed E-state index contributed by atoms with van der Waals surface area (Å²) in [7, 11) is 0. The minimum absolute atomic E-state index is 0.262. The van der Waals surface area contributed by atoms with E-state index in [0.29, 0.717) is 17.4 Å². The summed E-state index contributed by atoms with van der Waals surface area (Å²) in [5, 5.41) is 18.9. The lowest BCUT2D eigenvalue weighted by Gasteiger charge is -2.23. The largest absolute Gasteiger partial charge is 0.319 e. The van der Waals surface area contributed by atoms with Crippen LogP contribution in [0.15, 0.2) is 42.7 Å². The molecular formula is C18H21N7O. The molecule has 0 saturated carbocycles. The molecule has 0 radical (unpaired) electrons. The Balaban J connectivity index is 1.57. The molecule has 1 aliphatic rings. The second-order valence-electron chi connectivity index (χ2n) is 6.37. The first-order valence-electron chi connectivity index (χ1n) is 8.77. The van der Waals surface area contributed by atoms with E-state index in [1.165, 1.54) is 0 Å². The van der Waals surface area contributed by atoms with Crippen molar-refractivity contribution in [1.29, 1.82) is 0 Å². The lowest BCUT2D eigenvalue weighted by molar-refractivity contribution is 0.102. The van der Waals surface area contributed by atoms with E-state index in [0.717, 1.165) is 37.3 Å². The van der Waals surface area contributed by atoms with Crippen molar-refractivity contribution < 1.29 is 4.79 Å². The molecule has 3 heterocycles. The number of nitrogens with one attached hydrogen (secondary N) is 2. The number of para-hydroxylation sites is 2. The summed E-state index contributed by atoms with van der Waals surface area (Å²) < 4.78 is 3.60. The van der Waals surface area contributed by atoms with Crippen LogP contribution in [0.1, 0.15) is 35.1 Å². The molecule has 134 valence electrons. The molecule has 0 unspecified atom stereocenters. The molecule has 8 heteroatoms. The molecule has 1 aromatic carbocycles. The van der Waals surface area contributed by atoms with Crippen molar-refractivity contribution in [2.24, 2.45) is 0 Å². The van der Waals surface area contributed by atoms with Crippen LogP contribution >= 0.6 is 0 Å². The number of hydrogen-bond acceptors (Lipinski definition) is 5. The second kappa shape index (κ2) is 7.09. The lowest BCUT2D eigenvalue weighted by Crippen LogP contribution is -2.30. The van der Waals surface area contributed by atoms with Gasteiger partial charge in [-0.2, -0.15) is 5.10 Å². The van der Waals surface area contributed by atoms with Crippen molar-refractivity contribution >= 4 is 11.6 Å². The standard InChI is InChI=1S/C18H21N7O/c1-13-17(22-23-25(13)14-7-10-19-11-8-14)18(26)21-15-5-2-3-6-16(15)24-12-4-9-20-24/h2-6,9,12,14,19H,7-8,10-11H2,1H3,(H,21,26). The second-order valence-corrected chi connectivity index (χ2v) is 6.37. The summed E-state index contributed by atoms with van der Waals surface area (Å²) in [5.74, 6) is -0.262. The molecule has 0 spiro atoms. The molecule has 8 nitrogen and oxygen atoms in total. The molecule has 1 aliphatic heterocycles. The SMILES string of the molecule is Cc1c(C(=O)Nc2ccccc2-n2cccn2)nnn1C1CCNCC1. The zero-order valence-electron chi connectivity index (χ0n) is 14.6. The first-order valence-corrected chi connectivity index (χ1v) is 8.77. The van der Waals surface area contributed by atoms with E-state index < -0.39 is 0 Å². The number of amides is 1. The predicted octanol–water partition coefficient (Wildman–Crippen LogP) is 1.95. The fourth-order valence-corrected chi connectivity index (χ4v) is 3.32. The van der Waals surface area contributed by atoms with E-state index >= 15 is 0 Å². The van der Waals surface area contributed by atoms with Gasteiger partial charge in [-0.15, -0.1) is 5.10 Å². The molecule has 3 aromatic rings. The van der Waals surface area contributed by atoms with Crippen LogP contribution in [0.25, 0.3) is 5.69 Å². The third-order valence-electron chi connectivity index (χ3n) is 4.70. The van der Waals surface area contributed by atoms with E-state index in [4.69, 9.17) is 0 Å². The monoisotopic (exact) mass is 351 g/mol. The van der Waals surface area contributed by atoms with Gasteiger partial charge in [0, 0.05) is 12.4 Å². The number of benzene rings is 1. The zero-order valence-corrected chi connectivity index (χ0v) is 14.6. The van der Waals surface area contributed by atoms with Crippen molar-refractivity contribution in [2.75, 3.05) is 18.4 Å². The van der Waals surface area contributed by atoms with Crippen molar-refractivity contribution in [3.8, 4) is 5.69 Å². The Labute approximate surface area is 151 Å². The Morgan fingerprint density at radius 2 is 2.04 bits per heavy atom. The smallest absolute Gasteiger partial charge is 0.278 e. The molecule has 0 bridgehead atoms. The maximum atomic E-state index is 12.8. The summed E-state index contributed by atoms with van der Waals surface area (Å²) in [4.78, 5) is 12.8. The molecule has 0 aliphatic carbocycles. The number of carbonyl (C=O) groups is 1. The summed E-state index contributed by atoms with van der Waals surface area (Å²) in [6.45, 7) is 3.82. The van der Waals surface area contributed by atoms with Crippen molar-refractivity contribution in [3.63, 3.8) is 0 Å². The quantitative estimate of drug-likeness (QED) is 0.750. The number of rotatable bonds is 4. The Morgan fingerprint density at radius 3 is 2.81 bits per heavy atom. The van der Waals surface area contributed by atoms with E-state index in [9.17, 15) is 4.79 Å². The van der Waals surface area contributed by atoms with Gasteiger partial charge in [-0.05, 0) is 51.1 Å². The van der Waals surface area contributed by atoms with Crippen LogP contribution in [-0.2, 0) is 0 Å². The number of hydrogen-bond donors (Lipinski definition) is 2.